The molecule has 98 valence electrons. The van der Waals surface area contributed by atoms with Gasteiger partial charge in [-0.25, -0.2) is 13.4 Å². The van der Waals surface area contributed by atoms with Crippen molar-refractivity contribution >= 4 is 15.7 Å². The maximum atomic E-state index is 11.8. The Bertz CT molecular complexity index is 546. The number of nitrogens with zero attached hydrogens (tertiary/aromatic N) is 2. The molecule has 0 aliphatic carbocycles. The summed E-state index contributed by atoms with van der Waals surface area (Å²) in [5.74, 6) is 1.87. The van der Waals surface area contributed by atoms with Crippen molar-refractivity contribution in [2.24, 2.45) is 11.8 Å². The van der Waals surface area contributed by atoms with Gasteiger partial charge < -0.3 is 10.2 Å². The lowest BCUT2D eigenvalue weighted by Gasteiger charge is -2.20. The number of hydrogen-bond acceptors (Lipinski definition) is 5. The van der Waals surface area contributed by atoms with Crippen LogP contribution in [0.3, 0.4) is 0 Å². The molecule has 1 aromatic rings. The van der Waals surface area contributed by atoms with Crippen molar-refractivity contribution in [2.75, 3.05) is 37.3 Å². The number of pyridine rings is 1. The van der Waals surface area contributed by atoms with Gasteiger partial charge in [0.2, 0.25) is 0 Å². The number of nitrogens with one attached hydrogen (secondary N) is 1. The molecule has 2 saturated heterocycles. The summed E-state index contributed by atoms with van der Waals surface area (Å²) in [6.45, 7) is 3.86. The molecule has 18 heavy (non-hydrogen) atoms. The molecule has 0 bridgehead atoms. The third kappa shape index (κ3) is 1.99. The number of rotatable bonds is 2. The summed E-state index contributed by atoms with van der Waals surface area (Å²) in [4.78, 5) is 6.74. The lowest BCUT2D eigenvalue weighted by atomic mass is 10.0. The van der Waals surface area contributed by atoms with Gasteiger partial charge in [-0.15, -0.1) is 0 Å². The molecule has 3 heterocycles. The van der Waals surface area contributed by atoms with Gasteiger partial charge in [0.05, 0.1) is 0 Å². The first-order valence-electron chi connectivity index (χ1n) is 6.16. The topological polar surface area (TPSA) is 62.3 Å². The summed E-state index contributed by atoms with van der Waals surface area (Å²) in [5, 5.41) is 3.38. The van der Waals surface area contributed by atoms with Gasteiger partial charge >= 0.3 is 0 Å². The van der Waals surface area contributed by atoms with Crippen molar-refractivity contribution in [2.45, 2.75) is 4.90 Å². The van der Waals surface area contributed by atoms with Gasteiger partial charge in [0.1, 0.15) is 10.7 Å². The molecule has 2 atom stereocenters. The van der Waals surface area contributed by atoms with E-state index in [0.717, 1.165) is 26.2 Å². The summed E-state index contributed by atoms with van der Waals surface area (Å²) in [7, 11) is -3.21. The van der Waals surface area contributed by atoms with Crippen LogP contribution in [0, 0.1) is 11.8 Å². The molecule has 0 radical (unpaired) electrons. The molecule has 5 nitrogen and oxygen atoms in total. The Morgan fingerprint density at radius 2 is 2.00 bits per heavy atom. The molecule has 6 heteroatoms. The zero-order chi connectivity index (χ0) is 12.8. The molecule has 2 aliphatic heterocycles. The maximum absolute atomic E-state index is 11.8. The number of anilines is 1. The van der Waals surface area contributed by atoms with E-state index < -0.39 is 9.84 Å². The Balaban J connectivity index is 1.94. The van der Waals surface area contributed by atoms with Gasteiger partial charge in [-0.05, 0) is 24.0 Å². The van der Waals surface area contributed by atoms with Gasteiger partial charge in [0.25, 0.3) is 0 Å². The van der Waals surface area contributed by atoms with E-state index >= 15 is 0 Å². The summed E-state index contributed by atoms with van der Waals surface area (Å²) >= 11 is 0. The molecule has 0 aromatic carbocycles. The van der Waals surface area contributed by atoms with E-state index in [0.29, 0.717) is 22.5 Å². The molecule has 3 rings (SSSR count). The van der Waals surface area contributed by atoms with Crippen molar-refractivity contribution in [3.63, 3.8) is 0 Å². The van der Waals surface area contributed by atoms with Crippen LogP contribution in [-0.4, -0.2) is 45.8 Å². The van der Waals surface area contributed by atoms with Gasteiger partial charge in [-0.3, -0.25) is 0 Å². The lowest BCUT2D eigenvalue weighted by Crippen LogP contribution is -2.27. The average molecular weight is 267 g/mol. The monoisotopic (exact) mass is 267 g/mol. The van der Waals surface area contributed by atoms with Crippen LogP contribution in [0.1, 0.15) is 0 Å². The van der Waals surface area contributed by atoms with Crippen LogP contribution in [0.4, 0.5) is 5.82 Å². The molecule has 2 aliphatic rings. The Labute approximate surface area is 107 Å². The first-order valence-corrected chi connectivity index (χ1v) is 8.05. The van der Waals surface area contributed by atoms with E-state index in [1.54, 1.807) is 18.3 Å². The first kappa shape index (κ1) is 11.9. The van der Waals surface area contributed by atoms with Crippen molar-refractivity contribution in [3.05, 3.63) is 18.3 Å². The summed E-state index contributed by atoms with van der Waals surface area (Å²) in [6.07, 6.45) is 2.91. The smallest absolute Gasteiger partial charge is 0.179 e. The Kier molecular flexibility index (Phi) is 2.79. The molecule has 1 N–H and O–H groups in total. The zero-order valence-electron chi connectivity index (χ0n) is 10.3. The highest BCUT2D eigenvalue weighted by molar-refractivity contribution is 7.90. The Hall–Kier alpha value is -1.14. The second kappa shape index (κ2) is 4.20. The van der Waals surface area contributed by atoms with Crippen molar-refractivity contribution in [1.82, 2.24) is 10.3 Å². The quantitative estimate of drug-likeness (QED) is 0.826. The van der Waals surface area contributed by atoms with E-state index in [1.165, 1.54) is 6.26 Å². The largest absolute Gasteiger partial charge is 0.355 e. The van der Waals surface area contributed by atoms with Crippen molar-refractivity contribution in [1.29, 1.82) is 0 Å². The molecule has 2 unspecified atom stereocenters. The second-order valence-corrected chi connectivity index (χ2v) is 7.16. The highest BCUT2D eigenvalue weighted by Gasteiger charge is 2.37. The second-order valence-electron chi connectivity index (χ2n) is 5.18. The fourth-order valence-corrected chi connectivity index (χ4v) is 3.78. The minimum Gasteiger partial charge on any atom is -0.355 e. The van der Waals surface area contributed by atoms with E-state index in [9.17, 15) is 8.42 Å². The lowest BCUT2D eigenvalue weighted by molar-refractivity contribution is 0.533. The number of aromatic nitrogens is 1. The number of fused-ring (bicyclic) bond motifs is 1. The molecule has 0 spiro atoms. The van der Waals surface area contributed by atoms with Crippen LogP contribution < -0.4 is 10.2 Å². The van der Waals surface area contributed by atoms with E-state index in [4.69, 9.17) is 0 Å². The molecule has 2 fully saturated rings. The van der Waals surface area contributed by atoms with Crippen LogP contribution >= 0.6 is 0 Å². The Morgan fingerprint density at radius 3 is 2.61 bits per heavy atom. The average Bonchev–Trinajstić information content (AvgIpc) is 2.87. The number of sulfone groups is 1. The summed E-state index contributed by atoms with van der Waals surface area (Å²) in [6, 6.07) is 3.32. The van der Waals surface area contributed by atoms with E-state index in [1.807, 2.05) is 0 Å². The van der Waals surface area contributed by atoms with E-state index in [2.05, 4.69) is 15.2 Å². The normalized spacial score (nSPS) is 27.5. The predicted molar refractivity (Wildman–Crippen MR) is 69.4 cm³/mol. The van der Waals surface area contributed by atoms with Crippen molar-refractivity contribution in [3.8, 4) is 0 Å². The number of hydrogen-bond donors (Lipinski definition) is 1. The van der Waals surface area contributed by atoms with Gasteiger partial charge in [-0.2, -0.15) is 0 Å². The maximum Gasteiger partial charge on any atom is 0.179 e. The molecule has 0 saturated carbocycles. The van der Waals surface area contributed by atoms with Crippen LogP contribution in [0.2, 0.25) is 0 Å². The van der Waals surface area contributed by atoms with E-state index in [-0.39, 0.29) is 0 Å². The SMILES string of the molecule is CS(=O)(=O)c1cccnc1N1CC2CNCC2C1. The first-order chi connectivity index (χ1) is 8.55. The highest BCUT2D eigenvalue weighted by atomic mass is 32.2. The van der Waals surface area contributed by atoms with Gasteiger partial charge in [0.15, 0.2) is 9.84 Å². The molecular formula is C12H17N3O2S. The Morgan fingerprint density at radius 1 is 1.33 bits per heavy atom. The third-order valence-electron chi connectivity index (χ3n) is 3.84. The van der Waals surface area contributed by atoms with Crippen LogP contribution in [0.25, 0.3) is 0 Å². The molecular weight excluding hydrogens is 250 g/mol. The van der Waals surface area contributed by atoms with Crippen LogP contribution in [-0.2, 0) is 9.84 Å². The highest BCUT2D eigenvalue weighted by Crippen LogP contribution is 2.32. The predicted octanol–water partition coefficient (Wildman–Crippen LogP) is 0.141. The van der Waals surface area contributed by atoms with Crippen LogP contribution in [0.15, 0.2) is 23.2 Å². The van der Waals surface area contributed by atoms with Crippen LogP contribution in [0.5, 0.6) is 0 Å². The standard InChI is InChI=1S/C12H17N3O2S/c1-18(16,17)11-3-2-4-14-12(11)15-7-9-5-13-6-10(9)8-15/h2-4,9-10,13H,5-8H2,1H3. The van der Waals surface area contributed by atoms with Gasteiger partial charge in [-0.1, -0.05) is 0 Å². The molecule has 1 aromatic heterocycles. The minimum absolute atomic E-state index is 0.345. The zero-order valence-corrected chi connectivity index (χ0v) is 11.2. The fourth-order valence-electron chi connectivity index (χ4n) is 2.94. The summed E-state index contributed by atoms with van der Waals surface area (Å²) in [5.41, 5.74) is 0. The molecule has 0 amide bonds. The van der Waals surface area contributed by atoms with Gasteiger partial charge in [0, 0.05) is 38.6 Å². The minimum atomic E-state index is -3.21. The van der Waals surface area contributed by atoms with Crippen molar-refractivity contribution < 1.29 is 8.42 Å². The summed E-state index contributed by atoms with van der Waals surface area (Å²) < 4.78 is 23.6. The third-order valence-corrected chi connectivity index (χ3v) is 4.96. The fraction of sp³-hybridized carbons (Fsp3) is 0.583.